The average Bonchev–Trinajstić information content (AvgIpc) is 3.23. The molecule has 3 rings (SSSR count). The maximum atomic E-state index is 12.1. The number of halogens is 4. The number of ether oxygens (including phenoxy) is 1. The molecule has 1 aromatic carbocycles. The molecular weight excluding hydrogens is 436 g/mol. The molecule has 27 heavy (non-hydrogen) atoms. The van der Waals surface area contributed by atoms with Crippen molar-refractivity contribution in [3.63, 3.8) is 0 Å². The lowest BCUT2D eigenvalue weighted by Gasteiger charge is -2.09. The van der Waals surface area contributed by atoms with Crippen LogP contribution in [-0.2, 0) is 13.2 Å². The lowest BCUT2D eigenvalue weighted by Crippen LogP contribution is -2.27. The van der Waals surface area contributed by atoms with Gasteiger partial charge in [-0.15, -0.1) is 0 Å². The van der Waals surface area contributed by atoms with Crippen molar-refractivity contribution in [2.45, 2.75) is 13.2 Å². The van der Waals surface area contributed by atoms with Crippen molar-refractivity contribution in [2.24, 2.45) is 0 Å². The smallest absolute Gasteiger partial charge is 0.287 e. The van der Waals surface area contributed by atoms with Crippen LogP contribution in [-0.4, -0.2) is 22.2 Å². The highest BCUT2D eigenvalue weighted by Gasteiger charge is 2.13. The number of rotatable bonds is 7. The van der Waals surface area contributed by atoms with E-state index in [9.17, 15) is 4.79 Å². The first-order chi connectivity index (χ1) is 12.9. The van der Waals surface area contributed by atoms with Crippen molar-refractivity contribution >= 4 is 52.3 Å². The maximum Gasteiger partial charge on any atom is 0.287 e. The summed E-state index contributed by atoms with van der Waals surface area (Å²) in [7, 11) is 0. The molecule has 10 heteroatoms. The van der Waals surface area contributed by atoms with E-state index >= 15 is 0 Å². The Morgan fingerprint density at radius 3 is 2.56 bits per heavy atom. The van der Waals surface area contributed by atoms with Gasteiger partial charge in [-0.25, -0.2) is 0 Å². The first kappa shape index (κ1) is 19.9. The number of hydrogen-bond donors (Lipinski definition) is 1. The van der Waals surface area contributed by atoms with Crippen LogP contribution in [0.3, 0.4) is 0 Å². The van der Waals surface area contributed by atoms with Crippen LogP contribution >= 0.6 is 46.4 Å². The fourth-order valence-electron chi connectivity index (χ4n) is 2.22. The number of nitrogens with one attached hydrogen (secondary N) is 1. The largest absolute Gasteiger partial charge is 0.483 e. The van der Waals surface area contributed by atoms with Gasteiger partial charge in [0.05, 0.1) is 27.8 Å². The molecule has 0 aliphatic carbocycles. The molecule has 1 amide bonds. The van der Waals surface area contributed by atoms with Gasteiger partial charge in [0, 0.05) is 17.8 Å². The zero-order valence-electron chi connectivity index (χ0n) is 13.7. The third-order valence-corrected chi connectivity index (χ3v) is 4.41. The molecule has 0 spiro atoms. The minimum Gasteiger partial charge on any atom is -0.483 e. The number of benzene rings is 1. The molecule has 0 fully saturated rings. The molecule has 0 aliphatic heterocycles. The molecule has 3 aromatic rings. The fourth-order valence-corrected chi connectivity index (χ4v) is 3.30. The van der Waals surface area contributed by atoms with Crippen molar-refractivity contribution < 1.29 is 13.9 Å². The van der Waals surface area contributed by atoms with Crippen LogP contribution in [0.15, 0.2) is 41.1 Å². The molecule has 0 aliphatic rings. The summed E-state index contributed by atoms with van der Waals surface area (Å²) in [4.78, 5) is 12.1. The Morgan fingerprint density at radius 2 is 1.89 bits per heavy atom. The minimum absolute atomic E-state index is 0.0557. The predicted molar refractivity (Wildman–Crippen MR) is 104 cm³/mol. The van der Waals surface area contributed by atoms with Crippen LogP contribution in [0.5, 0.6) is 5.75 Å². The number of carbonyl (C=O) groups excluding carboxylic acids is 1. The van der Waals surface area contributed by atoms with Crippen LogP contribution in [0.4, 0.5) is 0 Å². The van der Waals surface area contributed by atoms with E-state index in [-0.39, 0.29) is 28.3 Å². The van der Waals surface area contributed by atoms with Gasteiger partial charge in [-0.3, -0.25) is 9.48 Å². The molecule has 0 saturated carbocycles. The van der Waals surface area contributed by atoms with Gasteiger partial charge in [-0.05, 0) is 24.3 Å². The highest BCUT2D eigenvalue weighted by molar-refractivity contribution is 6.40. The summed E-state index contributed by atoms with van der Waals surface area (Å²) in [6.45, 7) is 0.919. The van der Waals surface area contributed by atoms with E-state index in [1.807, 2.05) is 0 Å². The zero-order chi connectivity index (χ0) is 19.4. The standard InChI is InChI=1S/C17H13Cl4N3O3/c18-10-5-13(20)16(14(21)6-10)26-9-12-1-2-15(27-12)17(25)22-3-4-24-8-11(19)7-23-24/h1-2,5-8H,3-4,9H2,(H,22,25). The van der Waals surface area contributed by atoms with E-state index in [0.717, 1.165) is 0 Å². The van der Waals surface area contributed by atoms with Crippen molar-refractivity contribution in [3.05, 3.63) is 68.3 Å². The fraction of sp³-hybridized carbons (Fsp3) is 0.176. The number of carbonyl (C=O) groups is 1. The monoisotopic (exact) mass is 447 g/mol. The Hall–Kier alpha value is -1.86. The zero-order valence-corrected chi connectivity index (χ0v) is 16.7. The summed E-state index contributed by atoms with van der Waals surface area (Å²) in [5.74, 6) is 0.562. The lowest BCUT2D eigenvalue weighted by molar-refractivity contribution is 0.0920. The Bertz CT molecular complexity index is 932. The van der Waals surface area contributed by atoms with E-state index < -0.39 is 0 Å². The third kappa shape index (κ3) is 5.32. The van der Waals surface area contributed by atoms with Crippen LogP contribution in [0.2, 0.25) is 20.1 Å². The van der Waals surface area contributed by atoms with E-state index in [4.69, 9.17) is 55.6 Å². The molecule has 6 nitrogen and oxygen atoms in total. The van der Waals surface area contributed by atoms with Crippen LogP contribution in [0.25, 0.3) is 0 Å². The van der Waals surface area contributed by atoms with Crippen LogP contribution < -0.4 is 10.1 Å². The SMILES string of the molecule is O=C(NCCn1cc(Cl)cn1)c1ccc(COc2c(Cl)cc(Cl)cc2Cl)o1. The van der Waals surface area contributed by atoms with Gasteiger partial charge in [0.25, 0.3) is 5.91 Å². The van der Waals surface area contributed by atoms with E-state index in [1.54, 1.807) is 23.0 Å². The second kappa shape index (κ2) is 8.89. The van der Waals surface area contributed by atoms with Gasteiger partial charge >= 0.3 is 0 Å². The van der Waals surface area contributed by atoms with E-state index in [1.165, 1.54) is 18.3 Å². The molecule has 0 atom stereocenters. The normalized spacial score (nSPS) is 10.8. The van der Waals surface area contributed by atoms with Gasteiger partial charge < -0.3 is 14.5 Å². The predicted octanol–water partition coefficient (Wildman–Crippen LogP) is 5.10. The average molecular weight is 449 g/mol. The van der Waals surface area contributed by atoms with Gasteiger partial charge in [0.15, 0.2) is 11.5 Å². The van der Waals surface area contributed by atoms with Gasteiger partial charge in [-0.2, -0.15) is 5.10 Å². The summed E-state index contributed by atoms with van der Waals surface area (Å²) in [6, 6.07) is 6.25. The van der Waals surface area contributed by atoms with Crippen molar-refractivity contribution in [2.75, 3.05) is 6.54 Å². The third-order valence-electron chi connectivity index (χ3n) is 3.44. The Labute approximate surface area is 174 Å². The highest BCUT2D eigenvalue weighted by Crippen LogP contribution is 2.36. The summed E-state index contributed by atoms with van der Waals surface area (Å²) < 4.78 is 12.7. The minimum atomic E-state index is -0.345. The second-order valence-electron chi connectivity index (χ2n) is 5.43. The lowest BCUT2D eigenvalue weighted by atomic mass is 10.3. The number of aromatic nitrogens is 2. The summed E-state index contributed by atoms with van der Waals surface area (Å²) >= 11 is 23.8. The summed E-state index contributed by atoms with van der Waals surface area (Å²) in [6.07, 6.45) is 3.20. The highest BCUT2D eigenvalue weighted by atomic mass is 35.5. The Kier molecular flexibility index (Phi) is 6.55. The molecule has 2 aromatic heterocycles. The first-order valence-electron chi connectivity index (χ1n) is 7.74. The maximum absolute atomic E-state index is 12.1. The molecule has 142 valence electrons. The van der Waals surface area contributed by atoms with Crippen LogP contribution in [0.1, 0.15) is 16.3 Å². The number of amides is 1. The Morgan fingerprint density at radius 1 is 1.15 bits per heavy atom. The van der Waals surface area contributed by atoms with Crippen molar-refractivity contribution in [1.82, 2.24) is 15.1 Å². The van der Waals surface area contributed by atoms with Gasteiger partial charge in [-0.1, -0.05) is 46.4 Å². The van der Waals surface area contributed by atoms with Crippen LogP contribution in [0, 0.1) is 0 Å². The topological polar surface area (TPSA) is 69.3 Å². The van der Waals surface area contributed by atoms with E-state index in [0.29, 0.717) is 34.6 Å². The molecule has 2 heterocycles. The molecule has 0 bridgehead atoms. The van der Waals surface area contributed by atoms with Crippen molar-refractivity contribution in [3.8, 4) is 5.75 Å². The summed E-state index contributed by atoms with van der Waals surface area (Å²) in [5.41, 5.74) is 0. The second-order valence-corrected chi connectivity index (χ2v) is 7.12. The molecule has 0 saturated heterocycles. The van der Waals surface area contributed by atoms with Gasteiger partial charge in [0.1, 0.15) is 12.4 Å². The summed E-state index contributed by atoms with van der Waals surface area (Å²) in [5, 5.41) is 8.28. The van der Waals surface area contributed by atoms with E-state index in [2.05, 4.69) is 10.4 Å². The quantitative estimate of drug-likeness (QED) is 0.545. The number of nitrogens with zero attached hydrogens (tertiary/aromatic N) is 2. The first-order valence-corrected chi connectivity index (χ1v) is 9.26. The Balaban J connectivity index is 1.52. The molecular formula is C17H13Cl4N3O3. The number of hydrogen-bond acceptors (Lipinski definition) is 4. The molecule has 0 radical (unpaired) electrons. The molecule has 0 unspecified atom stereocenters. The van der Waals surface area contributed by atoms with Crippen molar-refractivity contribution in [1.29, 1.82) is 0 Å². The van der Waals surface area contributed by atoms with Gasteiger partial charge in [0.2, 0.25) is 0 Å². The molecule has 1 N–H and O–H groups in total. The number of furan rings is 1.